The minimum Gasteiger partial charge on any atom is -0.504 e. The summed E-state index contributed by atoms with van der Waals surface area (Å²) in [6.45, 7) is 1.68. The molecule has 1 aromatic carbocycles. The average molecular weight is 285 g/mol. The fraction of sp³-hybridized carbons (Fsp3) is 0.417. The molecule has 1 heterocycles. The lowest BCUT2D eigenvalue weighted by atomic mass is 10.0. The van der Waals surface area contributed by atoms with Gasteiger partial charge in [-0.05, 0) is 31.5 Å². The Kier molecular flexibility index (Phi) is 3.17. The van der Waals surface area contributed by atoms with Crippen LogP contribution >= 0.6 is 0 Å². The van der Waals surface area contributed by atoms with Gasteiger partial charge in [0.25, 0.3) is 5.91 Å². The van der Waals surface area contributed by atoms with Gasteiger partial charge in [0.05, 0.1) is 17.0 Å². The van der Waals surface area contributed by atoms with Crippen LogP contribution in [-0.4, -0.2) is 41.6 Å². The van der Waals surface area contributed by atoms with E-state index >= 15 is 0 Å². The van der Waals surface area contributed by atoms with Crippen molar-refractivity contribution in [2.75, 3.05) is 11.5 Å². The first-order chi connectivity index (χ1) is 8.71. The Morgan fingerprint density at radius 3 is 2.53 bits per heavy atom. The van der Waals surface area contributed by atoms with Crippen molar-refractivity contribution in [3.05, 3.63) is 23.8 Å². The summed E-state index contributed by atoms with van der Waals surface area (Å²) < 4.78 is 22.9. The Bertz CT molecular complexity index is 625. The molecule has 1 amide bonds. The van der Waals surface area contributed by atoms with Crippen LogP contribution in [0.15, 0.2) is 18.2 Å². The molecule has 1 aliphatic heterocycles. The van der Waals surface area contributed by atoms with Crippen molar-refractivity contribution in [2.24, 2.45) is 0 Å². The Morgan fingerprint density at radius 1 is 1.32 bits per heavy atom. The van der Waals surface area contributed by atoms with E-state index in [-0.39, 0.29) is 22.8 Å². The van der Waals surface area contributed by atoms with Crippen molar-refractivity contribution in [1.82, 2.24) is 5.32 Å². The number of carbonyl (C=O) groups excluding carboxylic acids is 1. The summed E-state index contributed by atoms with van der Waals surface area (Å²) in [5.74, 6) is -1.21. The SMILES string of the molecule is CC1(NC(=O)c2ccc(O)c(O)c2)CCS(=O)(=O)C1. The van der Waals surface area contributed by atoms with E-state index in [9.17, 15) is 18.3 Å². The van der Waals surface area contributed by atoms with Gasteiger partial charge in [-0.25, -0.2) is 8.42 Å². The second-order valence-electron chi connectivity index (χ2n) is 5.06. The second-order valence-corrected chi connectivity index (χ2v) is 7.24. The zero-order valence-corrected chi connectivity index (χ0v) is 11.2. The van der Waals surface area contributed by atoms with Crippen LogP contribution in [0.5, 0.6) is 11.5 Å². The molecule has 0 aromatic heterocycles. The van der Waals surface area contributed by atoms with Gasteiger partial charge in [-0.3, -0.25) is 4.79 Å². The van der Waals surface area contributed by atoms with Gasteiger partial charge in [0.2, 0.25) is 0 Å². The minimum absolute atomic E-state index is 0.0601. The number of phenolic OH excluding ortho intramolecular Hbond substituents is 2. The molecule has 1 unspecified atom stereocenters. The Labute approximate surface area is 111 Å². The molecule has 0 spiro atoms. The number of phenols is 2. The molecule has 7 heteroatoms. The van der Waals surface area contributed by atoms with Crippen LogP contribution in [0.2, 0.25) is 0 Å². The van der Waals surface area contributed by atoms with E-state index < -0.39 is 27.0 Å². The molecule has 1 fully saturated rings. The van der Waals surface area contributed by atoms with Crippen LogP contribution in [0.3, 0.4) is 0 Å². The summed E-state index contributed by atoms with van der Waals surface area (Å²) in [4.78, 5) is 12.0. The van der Waals surface area contributed by atoms with E-state index in [1.165, 1.54) is 12.1 Å². The van der Waals surface area contributed by atoms with Gasteiger partial charge >= 0.3 is 0 Å². The third kappa shape index (κ3) is 2.98. The Morgan fingerprint density at radius 2 is 2.00 bits per heavy atom. The molecular formula is C12H15NO5S. The summed E-state index contributed by atoms with van der Waals surface area (Å²) in [6, 6.07) is 3.70. The highest BCUT2D eigenvalue weighted by molar-refractivity contribution is 7.91. The molecule has 104 valence electrons. The van der Waals surface area contributed by atoms with Crippen LogP contribution in [0, 0.1) is 0 Å². The zero-order valence-electron chi connectivity index (χ0n) is 10.4. The predicted octanol–water partition coefficient (Wildman–Crippen LogP) is 0.405. The van der Waals surface area contributed by atoms with Gasteiger partial charge in [0.15, 0.2) is 21.3 Å². The monoisotopic (exact) mass is 285 g/mol. The van der Waals surface area contributed by atoms with E-state index in [1.807, 2.05) is 0 Å². The van der Waals surface area contributed by atoms with Crippen molar-refractivity contribution in [3.8, 4) is 11.5 Å². The van der Waals surface area contributed by atoms with Crippen LogP contribution in [-0.2, 0) is 9.84 Å². The number of hydrogen-bond acceptors (Lipinski definition) is 5. The first-order valence-corrected chi connectivity index (χ1v) is 7.58. The van der Waals surface area contributed by atoms with Crippen LogP contribution in [0.25, 0.3) is 0 Å². The highest BCUT2D eigenvalue weighted by Crippen LogP contribution is 2.26. The molecule has 0 saturated carbocycles. The average Bonchev–Trinajstić information content (AvgIpc) is 2.56. The Hall–Kier alpha value is -1.76. The highest BCUT2D eigenvalue weighted by atomic mass is 32.2. The molecule has 0 radical (unpaired) electrons. The number of amides is 1. The molecule has 6 nitrogen and oxygen atoms in total. The number of aromatic hydroxyl groups is 2. The lowest BCUT2D eigenvalue weighted by Gasteiger charge is -2.23. The van der Waals surface area contributed by atoms with E-state index in [1.54, 1.807) is 6.92 Å². The summed E-state index contributed by atoms with van der Waals surface area (Å²) in [6.07, 6.45) is 0.366. The van der Waals surface area contributed by atoms with E-state index in [4.69, 9.17) is 5.11 Å². The minimum atomic E-state index is -3.10. The molecule has 3 N–H and O–H groups in total. The first kappa shape index (κ1) is 13.7. The van der Waals surface area contributed by atoms with E-state index in [2.05, 4.69) is 5.32 Å². The molecule has 1 aromatic rings. The van der Waals surface area contributed by atoms with Gasteiger partial charge < -0.3 is 15.5 Å². The number of benzene rings is 1. The lowest BCUT2D eigenvalue weighted by Crippen LogP contribution is -2.46. The molecule has 1 aliphatic rings. The lowest BCUT2D eigenvalue weighted by molar-refractivity contribution is 0.0915. The smallest absolute Gasteiger partial charge is 0.251 e. The second kappa shape index (κ2) is 4.41. The van der Waals surface area contributed by atoms with E-state index in [0.29, 0.717) is 6.42 Å². The molecule has 0 aliphatic carbocycles. The molecule has 19 heavy (non-hydrogen) atoms. The van der Waals surface area contributed by atoms with Crippen molar-refractivity contribution >= 4 is 15.7 Å². The van der Waals surface area contributed by atoms with Gasteiger partial charge in [0, 0.05) is 5.56 Å². The number of rotatable bonds is 2. The predicted molar refractivity (Wildman–Crippen MR) is 68.9 cm³/mol. The molecule has 2 rings (SSSR count). The largest absolute Gasteiger partial charge is 0.504 e. The Balaban J connectivity index is 2.15. The summed E-state index contributed by atoms with van der Waals surface area (Å²) in [7, 11) is -3.10. The van der Waals surface area contributed by atoms with Crippen LogP contribution in [0.1, 0.15) is 23.7 Å². The third-order valence-corrected chi connectivity index (χ3v) is 5.06. The fourth-order valence-electron chi connectivity index (χ4n) is 2.12. The van der Waals surface area contributed by atoms with Crippen LogP contribution < -0.4 is 5.32 Å². The maximum absolute atomic E-state index is 12.0. The maximum atomic E-state index is 12.0. The quantitative estimate of drug-likeness (QED) is 0.683. The number of sulfone groups is 1. The van der Waals surface area contributed by atoms with Gasteiger partial charge in [0.1, 0.15) is 0 Å². The molecule has 1 atom stereocenters. The number of hydrogen-bond donors (Lipinski definition) is 3. The van der Waals surface area contributed by atoms with Crippen molar-refractivity contribution in [1.29, 1.82) is 0 Å². The fourth-order valence-corrected chi connectivity index (χ4v) is 4.21. The highest BCUT2D eigenvalue weighted by Gasteiger charge is 2.39. The number of nitrogens with one attached hydrogen (secondary N) is 1. The van der Waals surface area contributed by atoms with E-state index in [0.717, 1.165) is 6.07 Å². The number of carbonyl (C=O) groups is 1. The van der Waals surface area contributed by atoms with Gasteiger partial charge in [-0.1, -0.05) is 0 Å². The zero-order chi connectivity index (χ0) is 14.3. The summed E-state index contributed by atoms with van der Waals surface area (Å²) in [5, 5.41) is 21.2. The third-order valence-electron chi connectivity index (χ3n) is 3.16. The molecular weight excluding hydrogens is 270 g/mol. The van der Waals surface area contributed by atoms with Crippen LogP contribution in [0.4, 0.5) is 0 Å². The van der Waals surface area contributed by atoms with Crippen molar-refractivity contribution in [2.45, 2.75) is 18.9 Å². The topological polar surface area (TPSA) is 104 Å². The normalized spacial score (nSPS) is 25.1. The molecule has 1 saturated heterocycles. The van der Waals surface area contributed by atoms with Crippen molar-refractivity contribution < 1.29 is 23.4 Å². The van der Waals surface area contributed by atoms with Gasteiger partial charge in [-0.15, -0.1) is 0 Å². The standard InChI is InChI=1S/C12H15NO5S/c1-12(4-5-19(17,18)7-12)13-11(16)8-2-3-9(14)10(15)6-8/h2-3,6,14-15H,4-5,7H2,1H3,(H,13,16). The van der Waals surface area contributed by atoms with Crippen molar-refractivity contribution in [3.63, 3.8) is 0 Å². The first-order valence-electron chi connectivity index (χ1n) is 5.76. The summed E-state index contributed by atoms with van der Waals surface area (Å²) >= 11 is 0. The van der Waals surface area contributed by atoms with Gasteiger partial charge in [-0.2, -0.15) is 0 Å². The summed E-state index contributed by atoms with van der Waals surface area (Å²) in [5.41, 5.74) is -0.621. The maximum Gasteiger partial charge on any atom is 0.251 e. The molecule has 0 bridgehead atoms.